The lowest BCUT2D eigenvalue weighted by Crippen LogP contribution is -2.43. The number of anilines is 2. The first-order valence-corrected chi connectivity index (χ1v) is 18.1. The summed E-state index contributed by atoms with van der Waals surface area (Å²) in [5.41, 5.74) is 5.65. The number of carbonyl (C=O) groups excluding carboxylic acids is 5. The number of ketones is 1. The molecule has 4 aromatic rings. The van der Waals surface area contributed by atoms with Crippen LogP contribution in [0.5, 0.6) is 0 Å². The van der Waals surface area contributed by atoms with Crippen molar-refractivity contribution in [2.45, 2.75) is 69.7 Å². The quantitative estimate of drug-likeness (QED) is 0.199. The Morgan fingerprint density at radius 2 is 1.13 bits per heavy atom. The summed E-state index contributed by atoms with van der Waals surface area (Å²) in [6, 6.07) is 30.5. The zero-order valence-corrected chi connectivity index (χ0v) is 29.4. The first-order valence-electron chi connectivity index (χ1n) is 18.1. The van der Waals surface area contributed by atoms with Gasteiger partial charge in [-0.15, -0.1) is 0 Å². The molecule has 0 bridgehead atoms. The normalized spacial score (nSPS) is 19.3. The van der Waals surface area contributed by atoms with Crippen molar-refractivity contribution in [1.29, 1.82) is 0 Å². The molecule has 1 unspecified atom stereocenters. The highest BCUT2D eigenvalue weighted by atomic mass is 16.6. The number of amides is 4. The minimum atomic E-state index is -0.633. The van der Waals surface area contributed by atoms with E-state index in [1.807, 2.05) is 91.0 Å². The Kier molecular flexibility index (Phi) is 10.8. The highest BCUT2D eigenvalue weighted by Crippen LogP contribution is 2.33. The molecule has 1 aliphatic carbocycles. The van der Waals surface area contributed by atoms with Crippen LogP contribution in [0, 0.1) is 0 Å². The molecular formula is C42H42N4O7. The number of Topliss-reactive ketones (excluding diaryl/α,β-unsaturated/α-hetero) is 1. The topological polar surface area (TPSA) is 134 Å². The Morgan fingerprint density at radius 1 is 0.623 bits per heavy atom. The van der Waals surface area contributed by atoms with Crippen molar-refractivity contribution in [3.63, 3.8) is 0 Å². The van der Waals surface area contributed by atoms with Gasteiger partial charge in [-0.3, -0.25) is 24.2 Å². The molecule has 53 heavy (non-hydrogen) atoms. The average molecular weight is 715 g/mol. The summed E-state index contributed by atoms with van der Waals surface area (Å²) in [5.74, 6) is -0.834. The molecule has 7 rings (SSSR count). The molecule has 2 N–H and O–H groups in total. The van der Waals surface area contributed by atoms with Gasteiger partial charge in [-0.2, -0.15) is 0 Å². The van der Waals surface area contributed by atoms with E-state index in [2.05, 4.69) is 10.6 Å². The molecular weight excluding hydrogens is 672 g/mol. The zero-order chi connectivity index (χ0) is 36.7. The second-order valence-electron chi connectivity index (χ2n) is 13.8. The van der Waals surface area contributed by atoms with Crippen molar-refractivity contribution < 1.29 is 33.4 Å². The molecule has 272 valence electrons. The number of benzene rings is 4. The first-order chi connectivity index (χ1) is 25.8. The van der Waals surface area contributed by atoms with Crippen molar-refractivity contribution in [3.05, 3.63) is 131 Å². The van der Waals surface area contributed by atoms with Crippen LogP contribution in [-0.2, 0) is 49.9 Å². The van der Waals surface area contributed by atoms with Gasteiger partial charge in [0.1, 0.15) is 31.1 Å². The Hall–Kier alpha value is -5.97. The minimum absolute atomic E-state index is 0.0662. The van der Waals surface area contributed by atoms with Gasteiger partial charge in [-0.1, -0.05) is 78.9 Å². The van der Waals surface area contributed by atoms with Gasteiger partial charge in [-0.05, 0) is 84.2 Å². The van der Waals surface area contributed by atoms with E-state index in [9.17, 15) is 24.0 Å². The maximum Gasteiger partial charge on any atom is 0.410 e. The predicted molar refractivity (Wildman–Crippen MR) is 198 cm³/mol. The number of hydrogen-bond acceptors (Lipinski definition) is 7. The largest absolute Gasteiger partial charge is 0.445 e. The fourth-order valence-electron chi connectivity index (χ4n) is 7.39. The van der Waals surface area contributed by atoms with Gasteiger partial charge in [0.2, 0.25) is 11.8 Å². The Bertz CT molecular complexity index is 1970. The second kappa shape index (κ2) is 16.1. The van der Waals surface area contributed by atoms with Gasteiger partial charge in [0, 0.05) is 36.8 Å². The highest BCUT2D eigenvalue weighted by Gasteiger charge is 2.37. The van der Waals surface area contributed by atoms with E-state index < -0.39 is 24.3 Å². The summed E-state index contributed by atoms with van der Waals surface area (Å²) < 4.78 is 11.0. The fourth-order valence-corrected chi connectivity index (χ4v) is 7.39. The lowest BCUT2D eigenvalue weighted by atomic mass is 9.79. The summed E-state index contributed by atoms with van der Waals surface area (Å²) in [7, 11) is 0. The summed E-state index contributed by atoms with van der Waals surface area (Å²) in [4.78, 5) is 68.5. The number of carbonyl (C=O) groups is 5. The minimum Gasteiger partial charge on any atom is -0.445 e. The predicted octanol–water partition coefficient (Wildman–Crippen LogP) is 6.62. The van der Waals surface area contributed by atoms with Crippen LogP contribution < -0.4 is 10.6 Å². The summed E-state index contributed by atoms with van der Waals surface area (Å²) in [6.07, 6.45) is 2.23. The van der Waals surface area contributed by atoms with E-state index in [0.717, 1.165) is 27.8 Å². The smallest absolute Gasteiger partial charge is 0.410 e. The van der Waals surface area contributed by atoms with Crippen LogP contribution in [0.25, 0.3) is 0 Å². The number of nitrogens with zero attached hydrogens (tertiary/aromatic N) is 2. The van der Waals surface area contributed by atoms with Gasteiger partial charge >= 0.3 is 12.2 Å². The number of likely N-dealkylation sites (tertiary alicyclic amines) is 2. The Balaban J connectivity index is 0.919. The standard InChI is InChI=1S/C42H42N4O7/c47-38-25-32-23-34(44-40(49)37-14-8-22-46(37)42(51)53-27-29-11-5-2-6-12-29)20-17-31(32)24-35(38)30-15-18-33(19-16-30)43-39(48)36-13-7-21-45(36)41(50)52-26-28-9-3-1-4-10-28/h1-6,9-12,15-20,23,35-37H,7-8,13-14,21-22,24-27H2,(H,43,48)(H,44,49)/t35?,36-,37-/m0/s1. The molecule has 11 nitrogen and oxygen atoms in total. The van der Waals surface area contributed by atoms with Gasteiger partial charge in [0.05, 0.1) is 0 Å². The van der Waals surface area contributed by atoms with E-state index in [1.54, 1.807) is 12.1 Å². The van der Waals surface area contributed by atoms with Gasteiger partial charge in [0.15, 0.2) is 0 Å². The molecule has 0 saturated carbocycles. The molecule has 2 heterocycles. The second-order valence-corrected chi connectivity index (χ2v) is 13.8. The van der Waals surface area contributed by atoms with Crippen molar-refractivity contribution in [1.82, 2.24) is 9.80 Å². The lowest BCUT2D eigenvalue weighted by molar-refractivity contribution is -0.121. The van der Waals surface area contributed by atoms with Crippen LogP contribution in [0.3, 0.4) is 0 Å². The maximum atomic E-state index is 13.4. The molecule has 4 amide bonds. The molecule has 0 radical (unpaired) electrons. The van der Waals surface area contributed by atoms with E-state index in [1.165, 1.54) is 9.80 Å². The molecule has 2 fully saturated rings. The maximum absolute atomic E-state index is 13.4. The monoisotopic (exact) mass is 714 g/mol. The third-order valence-corrected chi connectivity index (χ3v) is 10.2. The van der Waals surface area contributed by atoms with Crippen LogP contribution in [0.4, 0.5) is 21.0 Å². The number of hydrogen-bond donors (Lipinski definition) is 2. The SMILES string of the molecule is O=C1Cc2cc(NC(=O)[C@@H]3CCCN3C(=O)OCc3ccccc3)ccc2CC1c1ccc(NC(=O)[C@@H]2CCCN2C(=O)OCc2ccccc2)cc1. The Labute approximate surface area is 308 Å². The first kappa shape index (κ1) is 35.4. The summed E-state index contributed by atoms with van der Waals surface area (Å²) in [6.45, 7) is 1.18. The van der Waals surface area contributed by atoms with Crippen LogP contribution >= 0.6 is 0 Å². The molecule has 0 aromatic heterocycles. The van der Waals surface area contributed by atoms with Crippen LogP contribution in [-0.4, -0.2) is 64.8 Å². The number of rotatable bonds is 9. The third-order valence-electron chi connectivity index (χ3n) is 10.2. The molecule has 0 spiro atoms. The van der Waals surface area contributed by atoms with Crippen molar-refractivity contribution in [3.8, 4) is 0 Å². The molecule has 2 saturated heterocycles. The van der Waals surface area contributed by atoms with E-state index in [-0.39, 0.29) is 43.2 Å². The molecule has 2 aliphatic heterocycles. The molecule has 4 aromatic carbocycles. The van der Waals surface area contributed by atoms with E-state index >= 15 is 0 Å². The summed E-state index contributed by atoms with van der Waals surface area (Å²) >= 11 is 0. The van der Waals surface area contributed by atoms with Crippen molar-refractivity contribution >= 4 is 41.2 Å². The van der Waals surface area contributed by atoms with Crippen molar-refractivity contribution in [2.75, 3.05) is 23.7 Å². The van der Waals surface area contributed by atoms with Gasteiger partial charge in [-0.25, -0.2) is 9.59 Å². The fraction of sp³-hybridized carbons (Fsp3) is 0.310. The van der Waals surface area contributed by atoms with E-state index in [4.69, 9.17) is 9.47 Å². The number of nitrogens with one attached hydrogen (secondary N) is 2. The van der Waals surface area contributed by atoms with Crippen molar-refractivity contribution in [2.24, 2.45) is 0 Å². The molecule has 3 aliphatic rings. The average Bonchev–Trinajstić information content (AvgIpc) is 3.89. The molecule has 3 atom stereocenters. The molecule has 11 heteroatoms. The zero-order valence-electron chi connectivity index (χ0n) is 29.4. The number of ether oxygens (including phenoxy) is 2. The highest BCUT2D eigenvalue weighted by molar-refractivity contribution is 5.98. The van der Waals surface area contributed by atoms with E-state index in [0.29, 0.717) is 56.6 Å². The van der Waals surface area contributed by atoms with Crippen LogP contribution in [0.15, 0.2) is 103 Å². The number of fused-ring (bicyclic) bond motifs is 1. The lowest BCUT2D eigenvalue weighted by Gasteiger charge is -2.26. The van der Waals surface area contributed by atoms with Crippen LogP contribution in [0.2, 0.25) is 0 Å². The van der Waals surface area contributed by atoms with Crippen LogP contribution in [0.1, 0.15) is 59.4 Å². The third kappa shape index (κ3) is 8.41. The van der Waals surface area contributed by atoms with Gasteiger partial charge < -0.3 is 20.1 Å². The Morgan fingerprint density at radius 3 is 1.68 bits per heavy atom. The van der Waals surface area contributed by atoms with Gasteiger partial charge in [0.25, 0.3) is 0 Å². The summed E-state index contributed by atoms with van der Waals surface area (Å²) in [5, 5.41) is 5.88.